The number of benzene rings is 2. The van der Waals surface area contributed by atoms with Crippen LogP contribution in [0.2, 0.25) is 0 Å². The molecule has 1 heterocycles. The number of aromatic nitrogens is 3. The smallest absolute Gasteiger partial charge is 0.248 e. The number of nitrogens with zero attached hydrogens (tertiary/aromatic N) is 4. The van der Waals surface area contributed by atoms with Crippen molar-refractivity contribution in [2.24, 2.45) is 0 Å². The van der Waals surface area contributed by atoms with E-state index in [1.165, 1.54) is 12.4 Å². The van der Waals surface area contributed by atoms with Gasteiger partial charge in [0.15, 0.2) is 0 Å². The second-order valence-electron chi connectivity index (χ2n) is 5.31. The molecule has 0 fully saturated rings. The maximum Gasteiger partial charge on any atom is 0.248 e. The molecule has 0 unspecified atom stereocenters. The van der Waals surface area contributed by atoms with E-state index in [4.69, 9.17) is 5.26 Å². The van der Waals surface area contributed by atoms with Gasteiger partial charge in [0.05, 0.1) is 18.2 Å². The highest BCUT2D eigenvalue weighted by molar-refractivity contribution is 6.02. The van der Waals surface area contributed by atoms with Gasteiger partial charge in [-0.05, 0) is 35.4 Å². The van der Waals surface area contributed by atoms with Crippen molar-refractivity contribution in [3.05, 3.63) is 84.0 Å². The predicted octanol–water partition coefficient (Wildman–Crippen LogP) is 2.85. The normalized spacial score (nSPS) is 10.5. The summed E-state index contributed by atoms with van der Waals surface area (Å²) in [6.07, 6.45) is 6.27. The van der Waals surface area contributed by atoms with Gasteiger partial charge in [-0.25, -0.2) is 9.67 Å². The highest BCUT2D eigenvalue weighted by Crippen LogP contribution is 2.16. The minimum atomic E-state index is -0.226. The summed E-state index contributed by atoms with van der Waals surface area (Å²) in [5.74, 6) is -0.226. The Labute approximate surface area is 145 Å². The molecule has 3 rings (SSSR count). The van der Waals surface area contributed by atoms with Crippen molar-refractivity contribution in [3.8, 4) is 6.07 Å². The van der Waals surface area contributed by atoms with E-state index >= 15 is 0 Å². The predicted molar refractivity (Wildman–Crippen MR) is 94.4 cm³/mol. The van der Waals surface area contributed by atoms with Gasteiger partial charge in [-0.2, -0.15) is 10.4 Å². The summed E-state index contributed by atoms with van der Waals surface area (Å²) in [6, 6.07) is 16.6. The first-order chi connectivity index (χ1) is 12.2. The van der Waals surface area contributed by atoms with Crippen molar-refractivity contribution in [3.63, 3.8) is 0 Å². The molecule has 2 aromatic carbocycles. The van der Waals surface area contributed by atoms with Crippen LogP contribution in [-0.2, 0) is 11.3 Å². The van der Waals surface area contributed by atoms with E-state index in [0.717, 1.165) is 16.8 Å². The first kappa shape index (κ1) is 16.1. The van der Waals surface area contributed by atoms with Crippen LogP contribution < -0.4 is 5.32 Å². The van der Waals surface area contributed by atoms with Gasteiger partial charge in [0.25, 0.3) is 0 Å². The third kappa shape index (κ3) is 4.39. The zero-order valence-electron chi connectivity index (χ0n) is 13.3. The lowest BCUT2D eigenvalue weighted by molar-refractivity contribution is -0.111. The monoisotopic (exact) mass is 329 g/mol. The van der Waals surface area contributed by atoms with Crippen molar-refractivity contribution < 1.29 is 4.79 Å². The summed E-state index contributed by atoms with van der Waals surface area (Å²) >= 11 is 0. The molecular formula is C19H15N5O. The Morgan fingerprint density at radius 1 is 1.20 bits per heavy atom. The van der Waals surface area contributed by atoms with Crippen LogP contribution in [0.5, 0.6) is 0 Å². The molecule has 0 bridgehead atoms. The Balaban J connectivity index is 1.68. The number of nitrogens with one attached hydrogen (secondary N) is 1. The van der Waals surface area contributed by atoms with Crippen LogP contribution in [-0.4, -0.2) is 20.7 Å². The minimum absolute atomic E-state index is 0.226. The lowest BCUT2D eigenvalue weighted by atomic mass is 10.1. The molecule has 6 nitrogen and oxygen atoms in total. The molecule has 6 heteroatoms. The van der Waals surface area contributed by atoms with Crippen LogP contribution in [0, 0.1) is 11.3 Å². The fourth-order valence-electron chi connectivity index (χ4n) is 2.28. The number of hydrogen-bond donors (Lipinski definition) is 1. The number of para-hydroxylation sites is 1. The summed E-state index contributed by atoms with van der Waals surface area (Å²) in [5.41, 5.74) is 3.11. The molecule has 25 heavy (non-hydrogen) atoms. The molecule has 3 aromatic rings. The molecule has 0 atom stereocenters. The molecule has 0 radical (unpaired) electrons. The Bertz CT molecular complexity index is 921. The van der Waals surface area contributed by atoms with Crippen molar-refractivity contribution in [2.45, 2.75) is 6.54 Å². The molecule has 0 saturated carbocycles. The van der Waals surface area contributed by atoms with Crippen molar-refractivity contribution >= 4 is 17.7 Å². The summed E-state index contributed by atoms with van der Waals surface area (Å²) in [4.78, 5) is 16.1. The fraction of sp³-hybridized carbons (Fsp3) is 0.0526. The fourth-order valence-corrected chi connectivity index (χ4v) is 2.28. The average Bonchev–Trinajstić information content (AvgIpc) is 3.15. The van der Waals surface area contributed by atoms with Gasteiger partial charge >= 0.3 is 0 Å². The molecule has 0 aliphatic rings. The van der Waals surface area contributed by atoms with E-state index in [9.17, 15) is 4.79 Å². The zero-order chi connectivity index (χ0) is 17.5. The number of carbonyl (C=O) groups excluding carboxylic acids is 1. The van der Waals surface area contributed by atoms with E-state index in [1.807, 2.05) is 24.3 Å². The second kappa shape index (κ2) is 7.70. The molecule has 0 aliphatic heterocycles. The van der Waals surface area contributed by atoms with Gasteiger partial charge in [-0.1, -0.05) is 30.3 Å². The largest absolute Gasteiger partial charge is 0.322 e. The Kier molecular flexibility index (Phi) is 4.98. The summed E-state index contributed by atoms with van der Waals surface area (Å²) in [6.45, 7) is 0.524. The van der Waals surface area contributed by atoms with E-state index in [1.54, 1.807) is 41.4 Å². The number of hydrogen-bond acceptors (Lipinski definition) is 4. The first-order valence-corrected chi connectivity index (χ1v) is 7.64. The standard InChI is InChI=1S/C19H15N5O/c20-11-16-7-5-15(6-8-16)9-10-19(25)23-18-4-2-1-3-17(18)12-24-14-21-13-22-24/h1-10,13-14H,12H2,(H,23,25)/b10-9+. The number of amides is 1. The number of carbonyl (C=O) groups is 1. The summed E-state index contributed by atoms with van der Waals surface area (Å²) in [7, 11) is 0. The van der Waals surface area contributed by atoms with Gasteiger partial charge in [-0.15, -0.1) is 0 Å². The number of nitriles is 1. The van der Waals surface area contributed by atoms with E-state index in [-0.39, 0.29) is 5.91 Å². The van der Waals surface area contributed by atoms with Crippen LogP contribution in [0.1, 0.15) is 16.7 Å². The Morgan fingerprint density at radius 3 is 2.72 bits per heavy atom. The van der Waals surface area contributed by atoms with E-state index < -0.39 is 0 Å². The number of rotatable bonds is 5. The minimum Gasteiger partial charge on any atom is -0.322 e. The third-order valence-electron chi connectivity index (χ3n) is 3.54. The average molecular weight is 329 g/mol. The highest BCUT2D eigenvalue weighted by Gasteiger charge is 2.05. The topological polar surface area (TPSA) is 83.6 Å². The first-order valence-electron chi connectivity index (χ1n) is 7.64. The van der Waals surface area contributed by atoms with E-state index in [2.05, 4.69) is 21.5 Å². The molecular weight excluding hydrogens is 314 g/mol. The van der Waals surface area contributed by atoms with Crippen LogP contribution in [0.25, 0.3) is 6.08 Å². The maximum atomic E-state index is 12.2. The molecule has 0 saturated heterocycles. The quantitative estimate of drug-likeness (QED) is 0.730. The highest BCUT2D eigenvalue weighted by atomic mass is 16.1. The van der Waals surface area contributed by atoms with Crippen molar-refractivity contribution in [1.29, 1.82) is 5.26 Å². The molecule has 122 valence electrons. The van der Waals surface area contributed by atoms with Crippen LogP contribution in [0.3, 0.4) is 0 Å². The van der Waals surface area contributed by atoms with E-state index in [0.29, 0.717) is 12.1 Å². The molecule has 0 spiro atoms. The Hall–Kier alpha value is -3.72. The molecule has 1 amide bonds. The van der Waals surface area contributed by atoms with Crippen LogP contribution >= 0.6 is 0 Å². The van der Waals surface area contributed by atoms with Gasteiger partial charge in [0.1, 0.15) is 12.7 Å². The van der Waals surface area contributed by atoms with Crippen LogP contribution in [0.4, 0.5) is 5.69 Å². The molecule has 1 N–H and O–H groups in total. The van der Waals surface area contributed by atoms with Gasteiger partial charge in [0.2, 0.25) is 5.91 Å². The van der Waals surface area contributed by atoms with Crippen LogP contribution in [0.15, 0.2) is 67.3 Å². The molecule has 0 aliphatic carbocycles. The third-order valence-corrected chi connectivity index (χ3v) is 3.54. The van der Waals surface area contributed by atoms with Gasteiger partial charge in [0, 0.05) is 11.8 Å². The van der Waals surface area contributed by atoms with Crippen molar-refractivity contribution in [2.75, 3.05) is 5.32 Å². The summed E-state index contributed by atoms with van der Waals surface area (Å²) < 4.78 is 1.69. The summed E-state index contributed by atoms with van der Waals surface area (Å²) in [5, 5.41) is 15.7. The lowest BCUT2D eigenvalue weighted by Gasteiger charge is -2.09. The maximum absolute atomic E-state index is 12.2. The second-order valence-corrected chi connectivity index (χ2v) is 5.31. The zero-order valence-corrected chi connectivity index (χ0v) is 13.3. The van der Waals surface area contributed by atoms with Gasteiger partial charge < -0.3 is 5.32 Å². The Morgan fingerprint density at radius 2 is 2.00 bits per heavy atom. The van der Waals surface area contributed by atoms with Crippen molar-refractivity contribution in [1.82, 2.24) is 14.8 Å². The SMILES string of the molecule is N#Cc1ccc(/C=C/C(=O)Nc2ccccc2Cn2cncn2)cc1. The number of anilines is 1. The lowest BCUT2D eigenvalue weighted by Crippen LogP contribution is -2.11. The molecule has 1 aromatic heterocycles. The van der Waals surface area contributed by atoms with Gasteiger partial charge in [-0.3, -0.25) is 4.79 Å².